The van der Waals surface area contributed by atoms with Crippen LogP contribution >= 0.6 is 0 Å². The van der Waals surface area contributed by atoms with Crippen molar-refractivity contribution in [3.8, 4) is 0 Å². The van der Waals surface area contributed by atoms with Gasteiger partial charge in [0.2, 0.25) is 0 Å². The molecule has 3 aromatic rings. The molecule has 1 aliphatic rings. The van der Waals surface area contributed by atoms with Gasteiger partial charge in [-0.15, -0.1) is 0 Å². The molecule has 0 spiro atoms. The van der Waals surface area contributed by atoms with Gasteiger partial charge in [0, 0.05) is 56.4 Å². The van der Waals surface area contributed by atoms with Crippen LogP contribution in [0.25, 0.3) is 10.9 Å². The Morgan fingerprint density at radius 3 is 2.70 bits per heavy atom. The Morgan fingerprint density at radius 1 is 1.07 bits per heavy atom. The molecule has 2 aromatic heterocycles. The summed E-state index contributed by atoms with van der Waals surface area (Å²) in [5.41, 5.74) is 1.54. The lowest BCUT2D eigenvalue weighted by Crippen LogP contribution is -2.44. The van der Waals surface area contributed by atoms with Crippen LogP contribution in [0.5, 0.6) is 0 Å². The molecular formula is C21H24FN5. The third-order valence-electron chi connectivity index (χ3n) is 5.44. The number of aromatic nitrogens is 3. The molecule has 6 heteroatoms. The monoisotopic (exact) mass is 365 g/mol. The van der Waals surface area contributed by atoms with Gasteiger partial charge in [0.25, 0.3) is 0 Å². The standard InChI is InChI=1S/C21H24FN5/c1-26(21-18-6-4-7-19(22)20(18)24-15-25-21)17-9-13-27(14-10-17)12-8-16-5-2-3-11-23-16/h2-7,11,15,17H,8-10,12-14H2,1H3. The maximum absolute atomic E-state index is 14.0. The van der Waals surface area contributed by atoms with E-state index in [9.17, 15) is 4.39 Å². The van der Waals surface area contributed by atoms with Crippen LogP contribution in [0, 0.1) is 5.82 Å². The molecule has 0 amide bonds. The first kappa shape index (κ1) is 17.8. The summed E-state index contributed by atoms with van der Waals surface area (Å²) in [4.78, 5) is 17.6. The van der Waals surface area contributed by atoms with Gasteiger partial charge >= 0.3 is 0 Å². The molecule has 4 rings (SSSR count). The zero-order valence-corrected chi connectivity index (χ0v) is 15.6. The molecular weight excluding hydrogens is 341 g/mol. The molecule has 1 aliphatic heterocycles. The van der Waals surface area contributed by atoms with Crippen LogP contribution in [0.2, 0.25) is 0 Å². The summed E-state index contributed by atoms with van der Waals surface area (Å²) in [6, 6.07) is 11.5. The Labute approximate surface area is 158 Å². The van der Waals surface area contributed by atoms with Crippen LogP contribution in [-0.2, 0) is 6.42 Å². The highest BCUT2D eigenvalue weighted by atomic mass is 19.1. The number of likely N-dealkylation sites (tertiary alicyclic amines) is 1. The van der Waals surface area contributed by atoms with E-state index >= 15 is 0 Å². The fraction of sp³-hybridized carbons (Fsp3) is 0.381. The Bertz CT molecular complexity index is 893. The number of hydrogen-bond acceptors (Lipinski definition) is 5. The van der Waals surface area contributed by atoms with Crippen molar-refractivity contribution in [3.63, 3.8) is 0 Å². The molecule has 0 radical (unpaired) electrons. The van der Waals surface area contributed by atoms with Crippen molar-refractivity contribution in [2.75, 3.05) is 31.6 Å². The maximum atomic E-state index is 14.0. The van der Waals surface area contributed by atoms with Gasteiger partial charge in [-0.05, 0) is 37.1 Å². The summed E-state index contributed by atoms with van der Waals surface area (Å²) in [5, 5.41) is 0.776. The average Bonchev–Trinajstić information content (AvgIpc) is 2.73. The van der Waals surface area contributed by atoms with Crippen molar-refractivity contribution in [2.45, 2.75) is 25.3 Å². The average molecular weight is 365 g/mol. The molecule has 1 aromatic carbocycles. The van der Waals surface area contributed by atoms with E-state index in [0.717, 1.165) is 55.8 Å². The minimum atomic E-state index is -0.297. The van der Waals surface area contributed by atoms with Crippen molar-refractivity contribution >= 4 is 16.7 Å². The van der Waals surface area contributed by atoms with Gasteiger partial charge in [0.15, 0.2) is 0 Å². The van der Waals surface area contributed by atoms with E-state index in [0.29, 0.717) is 11.6 Å². The first-order chi connectivity index (χ1) is 13.2. The van der Waals surface area contributed by atoms with E-state index in [1.165, 1.54) is 12.4 Å². The number of halogens is 1. The highest BCUT2D eigenvalue weighted by molar-refractivity contribution is 5.89. The van der Waals surface area contributed by atoms with E-state index in [1.54, 1.807) is 6.07 Å². The number of nitrogens with zero attached hydrogens (tertiary/aromatic N) is 5. The van der Waals surface area contributed by atoms with Gasteiger partial charge < -0.3 is 9.80 Å². The quantitative estimate of drug-likeness (QED) is 0.694. The van der Waals surface area contributed by atoms with Crippen molar-refractivity contribution in [1.29, 1.82) is 0 Å². The second-order valence-corrected chi connectivity index (χ2v) is 7.09. The molecule has 1 fully saturated rings. The minimum Gasteiger partial charge on any atom is -0.356 e. The number of benzene rings is 1. The second-order valence-electron chi connectivity index (χ2n) is 7.09. The lowest BCUT2D eigenvalue weighted by molar-refractivity contribution is 0.212. The molecule has 0 atom stereocenters. The van der Waals surface area contributed by atoms with Crippen molar-refractivity contribution in [2.24, 2.45) is 0 Å². The molecule has 0 unspecified atom stereocenters. The van der Waals surface area contributed by atoms with Crippen LogP contribution < -0.4 is 4.90 Å². The SMILES string of the molecule is CN(c1ncnc2c(F)cccc12)C1CCN(CCc2ccccn2)CC1. The second kappa shape index (κ2) is 7.96. The number of anilines is 1. The lowest BCUT2D eigenvalue weighted by Gasteiger charge is -2.37. The third-order valence-corrected chi connectivity index (χ3v) is 5.44. The molecule has 0 N–H and O–H groups in total. The van der Waals surface area contributed by atoms with Crippen LogP contribution in [-0.4, -0.2) is 52.6 Å². The van der Waals surface area contributed by atoms with Crippen LogP contribution in [0.3, 0.4) is 0 Å². The van der Waals surface area contributed by atoms with Gasteiger partial charge in [0.1, 0.15) is 23.5 Å². The number of piperidine rings is 1. The Kier molecular flexibility index (Phi) is 5.25. The molecule has 1 saturated heterocycles. The molecule has 0 bridgehead atoms. The predicted octanol–water partition coefficient (Wildman–Crippen LogP) is 3.31. The van der Waals surface area contributed by atoms with Gasteiger partial charge in [-0.3, -0.25) is 4.98 Å². The Morgan fingerprint density at radius 2 is 1.93 bits per heavy atom. The van der Waals surface area contributed by atoms with Crippen molar-refractivity contribution in [3.05, 3.63) is 60.4 Å². The normalized spacial score (nSPS) is 15.9. The van der Waals surface area contributed by atoms with Crippen molar-refractivity contribution in [1.82, 2.24) is 19.9 Å². The first-order valence-corrected chi connectivity index (χ1v) is 9.46. The van der Waals surface area contributed by atoms with E-state index in [1.807, 2.05) is 24.4 Å². The largest absolute Gasteiger partial charge is 0.356 e. The van der Waals surface area contributed by atoms with Gasteiger partial charge in [-0.2, -0.15) is 0 Å². The van der Waals surface area contributed by atoms with Gasteiger partial charge in [-0.1, -0.05) is 12.1 Å². The fourth-order valence-corrected chi connectivity index (χ4v) is 3.84. The maximum Gasteiger partial charge on any atom is 0.149 e. The number of para-hydroxylation sites is 1. The van der Waals surface area contributed by atoms with Gasteiger partial charge in [0.05, 0.1) is 0 Å². The number of hydrogen-bond donors (Lipinski definition) is 0. The molecule has 27 heavy (non-hydrogen) atoms. The highest BCUT2D eigenvalue weighted by Crippen LogP contribution is 2.27. The van der Waals surface area contributed by atoms with E-state index in [-0.39, 0.29) is 5.82 Å². The molecule has 140 valence electrons. The Balaban J connectivity index is 1.39. The third kappa shape index (κ3) is 3.90. The first-order valence-electron chi connectivity index (χ1n) is 9.46. The molecule has 3 heterocycles. The number of pyridine rings is 1. The summed E-state index contributed by atoms with van der Waals surface area (Å²) >= 11 is 0. The van der Waals surface area contributed by atoms with Crippen molar-refractivity contribution < 1.29 is 4.39 Å². The topological polar surface area (TPSA) is 45.2 Å². The van der Waals surface area contributed by atoms with E-state index in [4.69, 9.17) is 0 Å². The zero-order chi connectivity index (χ0) is 18.6. The van der Waals surface area contributed by atoms with Crippen LogP contribution in [0.15, 0.2) is 48.9 Å². The van der Waals surface area contributed by atoms with Crippen LogP contribution in [0.1, 0.15) is 18.5 Å². The summed E-state index contributed by atoms with van der Waals surface area (Å²) in [6.45, 7) is 3.15. The van der Waals surface area contributed by atoms with E-state index in [2.05, 4.69) is 37.9 Å². The smallest absolute Gasteiger partial charge is 0.149 e. The van der Waals surface area contributed by atoms with E-state index < -0.39 is 0 Å². The number of rotatable bonds is 5. The summed E-state index contributed by atoms with van der Waals surface area (Å²) in [6.07, 6.45) is 6.43. The summed E-state index contributed by atoms with van der Waals surface area (Å²) in [7, 11) is 2.06. The highest BCUT2D eigenvalue weighted by Gasteiger charge is 2.24. The summed E-state index contributed by atoms with van der Waals surface area (Å²) in [5.74, 6) is 0.514. The van der Waals surface area contributed by atoms with Crippen LogP contribution in [0.4, 0.5) is 10.2 Å². The molecule has 0 aliphatic carbocycles. The lowest BCUT2D eigenvalue weighted by atomic mass is 10.0. The van der Waals surface area contributed by atoms with Gasteiger partial charge in [-0.25, -0.2) is 14.4 Å². The molecule has 0 saturated carbocycles. The minimum absolute atomic E-state index is 0.297. The summed E-state index contributed by atoms with van der Waals surface area (Å²) < 4.78 is 14.0. The predicted molar refractivity (Wildman–Crippen MR) is 105 cm³/mol. The number of fused-ring (bicyclic) bond motifs is 1. The zero-order valence-electron chi connectivity index (χ0n) is 15.6. The fourth-order valence-electron chi connectivity index (χ4n) is 3.84. The Hall–Kier alpha value is -2.60. The molecule has 5 nitrogen and oxygen atoms in total.